The van der Waals surface area contributed by atoms with E-state index in [-0.39, 0.29) is 11.9 Å². The number of rotatable bonds is 5. The van der Waals surface area contributed by atoms with Gasteiger partial charge in [0.1, 0.15) is 5.76 Å². The van der Waals surface area contributed by atoms with Gasteiger partial charge in [0.05, 0.1) is 22.2 Å². The van der Waals surface area contributed by atoms with Crippen molar-refractivity contribution < 1.29 is 14.6 Å². The fourth-order valence-corrected chi connectivity index (χ4v) is 4.20. The van der Waals surface area contributed by atoms with Crippen molar-refractivity contribution in [3.8, 4) is 28.4 Å². The molecule has 0 saturated heterocycles. The zero-order chi connectivity index (χ0) is 23.8. The Balaban J connectivity index is 1.41. The lowest BCUT2D eigenvalue weighted by atomic mass is 9.89. The molecule has 2 N–H and O–H groups in total. The molecule has 0 aliphatic heterocycles. The lowest BCUT2D eigenvalue weighted by Crippen LogP contribution is -2.21. The van der Waals surface area contributed by atoms with E-state index in [1.165, 1.54) is 5.56 Å². The number of ether oxygens (including phenoxy) is 1. The number of pyridine rings is 1. The molecule has 1 aliphatic rings. The summed E-state index contributed by atoms with van der Waals surface area (Å²) < 4.78 is 5.79. The number of hydrogen-bond acceptors (Lipinski definition) is 4. The van der Waals surface area contributed by atoms with Gasteiger partial charge in [0, 0.05) is 5.56 Å². The van der Waals surface area contributed by atoms with Crippen LogP contribution in [-0.4, -0.2) is 26.0 Å². The van der Waals surface area contributed by atoms with Gasteiger partial charge >= 0.3 is 12.0 Å². The van der Waals surface area contributed by atoms with Gasteiger partial charge in [-0.05, 0) is 42.2 Å². The van der Waals surface area contributed by atoms with Crippen molar-refractivity contribution in [3.63, 3.8) is 0 Å². The second-order valence-corrected chi connectivity index (χ2v) is 8.84. The van der Waals surface area contributed by atoms with Crippen LogP contribution in [0.3, 0.4) is 0 Å². The standard InChI is InChI=1S/C27H22ClN3O3/c1-15-3-6-17(7-4-15)18-8-10-19(11-9-18)24-22(28)14-23-25(30-24)31-27(29-23)34-20-12-5-16(2)21(13-20)26(32)33/h3-14,16,21H,1-2H3,(H,32,33)(H,29,30,31). The molecule has 4 aromatic rings. The molecule has 7 heteroatoms. The van der Waals surface area contributed by atoms with E-state index in [1.54, 1.807) is 18.2 Å². The van der Waals surface area contributed by atoms with Gasteiger partial charge in [0.2, 0.25) is 0 Å². The van der Waals surface area contributed by atoms with E-state index in [0.717, 1.165) is 16.7 Å². The number of benzene rings is 2. The minimum atomic E-state index is -0.894. The van der Waals surface area contributed by atoms with Gasteiger partial charge in [-0.2, -0.15) is 4.98 Å². The largest absolute Gasteiger partial charge is 0.481 e. The van der Waals surface area contributed by atoms with Crippen molar-refractivity contribution in [2.75, 3.05) is 0 Å². The number of halogens is 1. The summed E-state index contributed by atoms with van der Waals surface area (Å²) in [6, 6.07) is 18.4. The van der Waals surface area contributed by atoms with Crippen LogP contribution in [-0.2, 0) is 4.79 Å². The number of aromatic amines is 1. The molecule has 0 saturated carbocycles. The van der Waals surface area contributed by atoms with E-state index < -0.39 is 11.9 Å². The van der Waals surface area contributed by atoms with Gasteiger partial charge in [-0.15, -0.1) is 0 Å². The van der Waals surface area contributed by atoms with E-state index in [0.29, 0.717) is 27.6 Å². The van der Waals surface area contributed by atoms with Gasteiger partial charge < -0.3 is 14.8 Å². The first-order chi connectivity index (χ1) is 16.4. The summed E-state index contributed by atoms with van der Waals surface area (Å²) in [5.74, 6) is -1.23. The van der Waals surface area contributed by atoms with E-state index in [4.69, 9.17) is 16.3 Å². The lowest BCUT2D eigenvalue weighted by Gasteiger charge is -2.18. The van der Waals surface area contributed by atoms with Crippen LogP contribution >= 0.6 is 11.6 Å². The van der Waals surface area contributed by atoms with Crippen molar-refractivity contribution in [1.29, 1.82) is 0 Å². The minimum Gasteiger partial charge on any atom is -0.481 e. The van der Waals surface area contributed by atoms with Gasteiger partial charge in [0.25, 0.3) is 0 Å². The van der Waals surface area contributed by atoms with Crippen LogP contribution < -0.4 is 4.74 Å². The molecule has 0 amide bonds. The Morgan fingerprint density at radius 2 is 1.68 bits per heavy atom. The number of aryl methyl sites for hydroxylation is 1. The molecule has 170 valence electrons. The van der Waals surface area contributed by atoms with Gasteiger partial charge in [-0.25, -0.2) is 4.98 Å². The van der Waals surface area contributed by atoms with Crippen LogP contribution in [0.1, 0.15) is 12.5 Å². The Morgan fingerprint density at radius 1 is 1.03 bits per heavy atom. The number of fused-ring (bicyclic) bond motifs is 1. The zero-order valence-corrected chi connectivity index (χ0v) is 19.4. The summed E-state index contributed by atoms with van der Waals surface area (Å²) in [5.41, 5.74) is 6.07. The van der Waals surface area contributed by atoms with E-state index >= 15 is 0 Å². The van der Waals surface area contributed by atoms with E-state index in [1.807, 2.05) is 37.3 Å². The Labute approximate surface area is 201 Å². The molecule has 2 unspecified atom stereocenters. The number of carboxylic acids is 1. The highest BCUT2D eigenvalue weighted by Crippen LogP contribution is 2.32. The highest BCUT2D eigenvalue weighted by atomic mass is 35.5. The lowest BCUT2D eigenvalue weighted by molar-refractivity contribution is -0.141. The molecule has 0 spiro atoms. The van der Waals surface area contributed by atoms with Crippen LogP contribution in [0.5, 0.6) is 6.01 Å². The van der Waals surface area contributed by atoms with Gasteiger partial charge in [-0.1, -0.05) is 78.7 Å². The summed E-state index contributed by atoms with van der Waals surface area (Å²) in [6.07, 6.45) is 5.14. The van der Waals surface area contributed by atoms with Crippen molar-refractivity contribution in [2.45, 2.75) is 13.8 Å². The first-order valence-electron chi connectivity index (χ1n) is 10.9. The molecule has 6 nitrogen and oxygen atoms in total. The average molecular weight is 472 g/mol. The highest BCUT2D eigenvalue weighted by Gasteiger charge is 2.25. The number of H-pyrrole nitrogens is 1. The first-order valence-corrected chi connectivity index (χ1v) is 11.3. The quantitative estimate of drug-likeness (QED) is 0.350. The maximum Gasteiger partial charge on any atom is 0.311 e. The number of imidazole rings is 1. The zero-order valence-electron chi connectivity index (χ0n) is 18.6. The summed E-state index contributed by atoms with van der Waals surface area (Å²) in [5, 5.41) is 9.88. The number of aromatic nitrogens is 3. The Kier molecular flexibility index (Phi) is 5.67. The predicted octanol–water partition coefficient (Wildman–Crippen LogP) is 6.42. The monoisotopic (exact) mass is 471 g/mol. The number of carboxylic acid groups (broad SMARTS) is 1. The molecular weight excluding hydrogens is 450 g/mol. The number of aliphatic carboxylic acids is 1. The van der Waals surface area contributed by atoms with Gasteiger partial charge in [0.15, 0.2) is 5.65 Å². The van der Waals surface area contributed by atoms with E-state index in [2.05, 4.69) is 46.1 Å². The van der Waals surface area contributed by atoms with Crippen molar-refractivity contribution in [2.24, 2.45) is 11.8 Å². The molecule has 0 fully saturated rings. The SMILES string of the molecule is Cc1ccc(-c2ccc(-c3nc4nc(OC5=CC(C(=O)O)C(C)C=C5)[nH]c4cc3Cl)cc2)cc1. The van der Waals surface area contributed by atoms with Crippen LogP contribution in [0.25, 0.3) is 33.5 Å². The van der Waals surface area contributed by atoms with Crippen molar-refractivity contribution >= 4 is 28.7 Å². The molecule has 1 aliphatic carbocycles. The Bertz CT molecular complexity index is 1440. The fraction of sp³-hybridized carbons (Fsp3) is 0.148. The molecule has 2 aromatic heterocycles. The Morgan fingerprint density at radius 3 is 2.35 bits per heavy atom. The van der Waals surface area contributed by atoms with E-state index in [9.17, 15) is 9.90 Å². The summed E-state index contributed by atoms with van der Waals surface area (Å²) in [4.78, 5) is 23.6. The average Bonchev–Trinajstić information content (AvgIpc) is 3.21. The van der Waals surface area contributed by atoms with Crippen LogP contribution in [0, 0.1) is 18.8 Å². The third-order valence-electron chi connectivity index (χ3n) is 5.92. The molecule has 2 heterocycles. The third-order valence-corrected chi connectivity index (χ3v) is 6.21. The molecule has 34 heavy (non-hydrogen) atoms. The normalized spacial score (nSPS) is 17.6. The summed E-state index contributed by atoms with van der Waals surface area (Å²) >= 11 is 6.54. The summed E-state index contributed by atoms with van der Waals surface area (Å²) in [6.45, 7) is 3.92. The molecule has 0 bridgehead atoms. The summed E-state index contributed by atoms with van der Waals surface area (Å²) in [7, 11) is 0. The second-order valence-electron chi connectivity index (χ2n) is 8.43. The smallest absolute Gasteiger partial charge is 0.311 e. The number of carbonyl (C=O) groups is 1. The van der Waals surface area contributed by atoms with Gasteiger partial charge in [-0.3, -0.25) is 4.79 Å². The molecule has 2 atom stereocenters. The maximum absolute atomic E-state index is 11.4. The first kappa shape index (κ1) is 21.9. The highest BCUT2D eigenvalue weighted by molar-refractivity contribution is 6.33. The molecule has 2 aromatic carbocycles. The third kappa shape index (κ3) is 4.32. The predicted molar refractivity (Wildman–Crippen MR) is 133 cm³/mol. The van der Waals surface area contributed by atoms with Crippen LogP contribution in [0.15, 0.2) is 78.6 Å². The Hall–Kier alpha value is -3.90. The fourth-order valence-electron chi connectivity index (χ4n) is 3.94. The molecular formula is C27H22ClN3O3. The van der Waals surface area contributed by atoms with Crippen LogP contribution in [0.4, 0.5) is 0 Å². The van der Waals surface area contributed by atoms with Crippen molar-refractivity contribution in [3.05, 3.63) is 89.2 Å². The molecule has 5 rings (SSSR count). The van der Waals surface area contributed by atoms with Crippen molar-refractivity contribution in [1.82, 2.24) is 15.0 Å². The number of nitrogens with one attached hydrogen (secondary N) is 1. The second kappa shape index (κ2) is 8.80. The molecule has 0 radical (unpaired) electrons. The maximum atomic E-state index is 11.4. The number of nitrogens with zero attached hydrogens (tertiary/aromatic N) is 2. The topological polar surface area (TPSA) is 88.1 Å². The number of hydrogen-bond donors (Lipinski definition) is 2. The van der Waals surface area contributed by atoms with Crippen LogP contribution in [0.2, 0.25) is 5.02 Å². The minimum absolute atomic E-state index is 0.110. The number of allylic oxidation sites excluding steroid dienone is 2.